The predicted octanol–water partition coefficient (Wildman–Crippen LogP) is 8.30. The van der Waals surface area contributed by atoms with Gasteiger partial charge < -0.3 is 24.3 Å². The summed E-state index contributed by atoms with van der Waals surface area (Å²) in [5, 5.41) is 21.7. The van der Waals surface area contributed by atoms with E-state index < -0.39 is 6.29 Å². The van der Waals surface area contributed by atoms with E-state index in [2.05, 4.69) is 5.32 Å². The van der Waals surface area contributed by atoms with Crippen LogP contribution in [-0.4, -0.2) is 39.0 Å². The molecule has 1 aliphatic rings. The van der Waals surface area contributed by atoms with Crippen LogP contribution in [0.15, 0.2) is 119 Å². The summed E-state index contributed by atoms with van der Waals surface area (Å²) in [6.45, 7) is 0.385. The molecule has 1 aromatic heterocycles. The number of aliphatic hydroxyl groups is 1. The van der Waals surface area contributed by atoms with Crippen molar-refractivity contribution in [2.24, 2.45) is 0 Å². The number of nitrogens with one attached hydrogen (secondary N) is 2. The second kappa shape index (κ2) is 19.3. The normalized spacial score (nSPS) is 17.0. The molecule has 53 heavy (non-hydrogen) atoms. The maximum atomic E-state index is 12.4. The van der Waals surface area contributed by atoms with Gasteiger partial charge in [-0.15, -0.1) is 0 Å². The molecule has 0 bridgehead atoms. The standard InChI is InChI=1S/C42H45N3O7S/c46-27-30-19-21-31(22-20-30)36-25-35(28-53-42-44-39(32-11-5-3-6-12-32)40(52-42)33-13-7-4-8-14-33)50-41(51-36)34-23-17-29(18-24-34)26-43-37(47)15-9-1-2-10-16-38(48)45-49/h3-8,11-14,17-24,35-36,41,46,49H,1-2,9-10,15-16,25-28H2,(H,43,47)(H,45,48)/t35-,36+,41+/m0/s1. The maximum Gasteiger partial charge on any atom is 0.256 e. The van der Waals surface area contributed by atoms with Crippen LogP contribution in [0, 0.1) is 0 Å². The molecule has 0 aliphatic carbocycles. The Hall–Kier alpha value is -4.78. The lowest BCUT2D eigenvalue weighted by Crippen LogP contribution is -2.31. The third kappa shape index (κ3) is 10.9. The summed E-state index contributed by atoms with van der Waals surface area (Å²) in [4.78, 5) is 28.4. The number of thioether (sulfide) groups is 1. The first-order valence-electron chi connectivity index (χ1n) is 18.0. The molecular formula is C42H45N3O7S. The highest BCUT2D eigenvalue weighted by molar-refractivity contribution is 7.99. The van der Waals surface area contributed by atoms with Crippen molar-refractivity contribution in [1.29, 1.82) is 0 Å². The highest BCUT2D eigenvalue weighted by Gasteiger charge is 2.33. The van der Waals surface area contributed by atoms with Crippen molar-refractivity contribution in [2.75, 3.05) is 5.75 Å². The first-order valence-corrected chi connectivity index (χ1v) is 19.0. The van der Waals surface area contributed by atoms with Crippen molar-refractivity contribution < 1.29 is 33.8 Å². The molecule has 2 heterocycles. The van der Waals surface area contributed by atoms with Crippen LogP contribution in [0.4, 0.5) is 0 Å². The number of carbonyl (C=O) groups is 2. The number of unbranched alkanes of at least 4 members (excludes halogenated alkanes) is 3. The van der Waals surface area contributed by atoms with Crippen LogP contribution in [0.2, 0.25) is 0 Å². The summed E-state index contributed by atoms with van der Waals surface area (Å²) in [7, 11) is 0. The van der Waals surface area contributed by atoms with Gasteiger partial charge in [-0.25, -0.2) is 10.5 Å². The summed E-state index contributed by atoms with van der Waals surface area (Å²) in [5.74, 6) is 0.913. The van der Waals surface area contributed by atoms with Crippen LogP contribution in [-0.2, 0) is 32.2 Å². The predicted molar refractivity (Wildman–Crippen MR) is 202 cm³/mol. The van der Waals surface area contributed by atoms with E-state index in [4.69, 9.17) is 24.1 Å². The molecule has 11 heteroatoms. The molecule has 0 unspecified atom stereocenters. The third-order valence-electron chi connectivity index (χ3n) is 9.12. The van der Waals surface area contributed by atoms with Gasteiger partial charge in [0.05, 0.1) is 18.8 Å². The van der Waals surface area contributed by atoms with E-state index >= 15 is 0 Å². The summed E-state index contributed by atoms with van der Waals surface area (Å²) in [6, 6.07) is 35.8. The highest BCUT2D eigenvalue weighted by atomic mass is 32.2. The van der Waals surface area contributed by atoms with Gasteiger partial charge in [0.1, 0.15) is 5.69 Å². The largest absolute Gasteiger partial charge is 0.431 e. The maximum absolute atomic E-state index is 12.4. The molecule has 1 aliphatic heterocycles. The van der Waals surface area contributed by atoms with Crippen molar-refractivity contribution in [3.8, 4) is 22.6 Å². The highest BCUT2D eigenvalue weighted by Crippen LogP contribution is 2.41. The van der Waals surface area contributed by atoms with E-state index in [-0.39, 0.29) is 37.0 Å². The van der Waals surface area contributed by atoms with Crippen molar-refractivity contribution in [1.82, 2.24) is 15.8 Å². The summed E-state index contributed by atoms with van der Waals surface area (Å²) in [5.41, 5.74) is 8.05. The average Bonchev–Trinajstić information content (AvgIpc) is 3.65. The fourth-order valence-electron chi connectivity index (χ4n) is 6.19. The molecule has 4 N–H and O–H groups in total. The number of aliphatic hydroxyl groups excluding tert-OH is 1. The molecule has 4 aromatic carbocycles. The van der Waals surface area contributed by atoms with Crippen LogP contribution in [0.1, 0.15) is 79.6 Å². The van der Waals surface area contributed by atoms with Crippen molar-refractivity contribution in [3.05, 3.63) is 131 Å². The zero-order valence-electron chi connectivity index (χ0n) is 29.5. The Morgan fingerprint density at radius 1 is 0.736 bits per heavy atom. The molecule has 0 spiro atoms. The van der Waals surface area contributed by atoms with Crippen LogP contribution in [0.5, 0.6) is 0 Å². The molecule has 276 valence electrons. The topological polar surface area (TPSA) is 143 Å². The molecule has 0 saturated carbocycles. The first-order chi connectivity index (χ1) is 26.0. The van der Waals surface area contributed by atoms with Crippen LogP contribution < -0.4 is 10.8 Å². The van der Waals surface area contributed by atoms with E-state index in [0.29, 0.717) is 36.8 Å². The van der Waals surface area contributed by atoms with E-state index in [1.54, 1.807) is 5.48 Å². The second-order valence-electron chi connectivity index (χ2n) is 13.0. The number of hydroxylamine groups is 1. The number of oxazole rings is 1. The van der Waals surface area contributed by atoms with Crippen molar-refractivity contribution in [3.63, 3.8) is 0 Å². The number of amides is 2. The zero-order chi connectivity index (χ0) is 36.8. The second-order valence-corrected chi connectivity index (χ2v) is 14.0. The first kappa shape index (κ1) is 38.0. The number of ether oxygens (including phenoxy) is 2. The third-order valence-corrected chi connectivity index (χ3v) is 10.1. The molecule has 0 radical (unpaired) electrons. The smallest absolute Gasteiger partial charge is 0.256 e. The number of carbonyl (C=O) groups excluding carboxylic acids is 2. The molecule has 10 nitrogen and oxygen atoms in total. The Kier molecular flexibility index (Phi) is 13.9. The van der Waals surface area contributed by atoms with Gasteiger partial charge >= 0.3 is 0 Å². The Labute approximate surface area is 313 Å². The van der Waals surface area contributed by atoms with Crippen molar-refractivity contribution >= 4 is 23.6 Å². The van der Waals surface area contributed by atoms with E-state index in [1.807, 2.05) is 109 Å². The fraction of sp³-hybridized carbons (Fsp3) is 0.310. The molecule has 5 aromatic rings. The van der Waals surface area contributed by atoms with Gasteiger partial charge in [-0.3, -0.25) is 14.8 Å². The Morgan fingerprint density at radius 3 is 2.02 bits per heavy atom. The number of hydrogen-bond donors (Lipinski definition) is 4. The summed E-state index contributed by atoms with van der Waals surface area (Å²) < 4.78 is 19.5. The van der Waals surface area contributed by atoms with Crippen molar-refractivity contribution in [2.45, 2.75) is 81.8 Å². The van der Waals surface area contributed by atoms with Gasteiger partial charge in [0.2, 0.25) is 11.8 Å². The van der Waals surface area contributed by atoms with Gasteiger partial charge in [0.15, 0.2) is 12.1 Å². The SMILES string of the molecule is O=C(CCCCCCC(=O)NCc1ccc([C@@H]2O[C@H](CSc3nc(-c4ccccc4)c(-c4ccccc4)o3)C[C@H](c3ccc(CO)cc3)O2)cc1)NO. The minimum absolute atomic E-state index is 0.0191. The van der Waals surface area contributed by atoms with Gasteiger partial charge in [-0.1, -0.05) is 134 Å². The molecular weight excluding hydrogens is 691 g/mol. The average molecular weight is 736 g/mol. The summed E-state index contributed by atoms with van der Waals surface area (Å²) >= 11 is 1.52. The number of hydrogen-bond acceptors (Lipinski definition) is 9. The number of rotatable bonds is 17. The molecule has 3 atom stereocenters. The van der Waals surface area contributed by atoms with Gasteiger partial charge in [-0.2, -0.15) is 0 Å². The van der Waals surface area contributed by atoms with E-state index in [1.165, 1.54) is 11.8 Å². The van der Waals surface area contributed by atoms with Crippen LogP contribution in [0.25, 0.3) is 22.6 Å². The van der Waals surface area contributed by atoms with Crippen LogP contribution in [0.3, 0.4) is 0 Å². The van der Waals surface area contributed by atoms with Gasteiger partial charge in [0, 0.05) is 48.3 Å². The van der Waals surface area contributed by atoms with Gasteiger partial charge in [0.25, 0.3) is 5.22 Å². The molecule has 1 saturated heterocycles. The van der Waals surface area contributed by atoms with Gasteiger partial charge in [-0.05, 0) is 29.5 Å². The Bertz CT molecular complexity index is 1830. The Balaban J connectivity index is 1.10. The number of aromatic nitrogens is 1. The quantitative estimate of drug-likeness (QED) is 0.0321. The lowest BCUT2D eigenvalue weighted by Gasteiger charge is -2.36. The lowest BCUT2D eigenvalue weighted by molar-refractivity contribution is -0.245. The Morgan fingerprint density at radius 2 is 1.36 bits per heavy atom. The van der Waals surface area contributed by atoms with Crippen LogP contribution >= 0.6 is 11.8 Å². The minimum atomic E-state index is -0.617. The minimum Gasteiger partial charge on any atom is -0.431 e. The van der Waals surface area contributed by atoms with E-state index in [9.17, 15) is 14.7 Å². The molecule has 6 rings (SSSR count). The fourth-order valence-corrected chi connectivity index (χ4v) is 7.03. The molecule has 2 amide bonds. The number of nitrogens with zero attached hydrogens (tertiary/aromatic N) is 1. The summed E-state index contributed by atoms with van der Waals surface area (Å²) in [6.07, 6.45) is 3.38. The number of benzene rings is 4. The zero-order valence-corrected chi connectivity index (χ0v) is 30.3. The lowest BCUT2D eigenvalue weighted by atomic mass is 10.0. The monoisotopic (exact) mass is 735 g/mol. The van der Waals surface area contributed by atoms with E-state index in [0.717, 1.165) is 64.1 Å². The molecule has 1 fully saturated rings.